The van der Waals surface area contributed by atoms with Crippen molar-refractivity contribution >= 4 is 11.3 Å². The highest BCUT2D eigenvalue weighted by molar-refractivity contribution is 7.07. The number of hydrogen-bond acceptors (Lipinski definition) is 3. The van der Waals surface area contributed by atoms with E-state index in [4.69, 9.17) is 10.5 Å². The van der Waals surface area contributed by atoms with Gasteiger partial charge in [-0.2, -0.15) is 11.3 Å². The van der Waals surface area contributed by atoms with Crippen LogP contribution in [-0.4, -0.2) is 6.04 Å². The van der Waals surface area contributed by atoms with Crippen molar-refractivity contribution < 1.29 is 4.74 Å². The van der Waals surface area contributed by atoms with Crippen molar-refractivity contribution in [3.63, 3.8) is 0 Å². The van der Waals surface area contributed by atoms with Gasteiger partial charge in [-0.25, -0.2) is 0 Å². The third kappa shape index (κ3) is 3.84. The Kier molecular flexibility index (Phi) is 5.62. The smallest absolute Gasteiger partial charge is 0.140 e. The number of thiophene rings is 1. The van der Waals surface area contributed by atoms with E-state index < -0.39 is 0 Å². The minimum Gasteiger partial charge on any atom is -0.484 e. The molecule has 1 aromatic heterocycles. The lowest BCUT2D eigenvalue weighted by Crippen LogP contribution is -2.31. The van der Waals surface area contributed by atoms with Crippen molar-refractivity contribution in [2.24, 2.45) is 5.73 Å². The zero-order valence-corrected chi connectivity index (χ0v) is 13.0. The zero-order chi connectivity index (χ0) is 14.4. The van der Waals surface area contributed by atoms with Gasteiger partial charge in [0.25, 0.3) is 0 Å². The molecule has 1 aromatic carbocycles. The first-order valence-electron chi connectivity index (χ1n) is 7.27. The number of rotatable bonds is 7. The van der Waals surface area contributed by atoms with Crippen molar-refractivity contribution in [1.82, 2.24) is 0 Å². The van der Waals surface area contributed by atoms with Crippen LogP contribution in [0.3, 0.4) is 0 Å². The molecule has 0 amide bonds. The maximum atomic E-state index is 6.21. The second kappa shape index (κ2) is 7.46. The highest BCUT2D eigenvalue weighted by atomic mass is 32.1. The largest absolute Gasteiger partial charge is 0.484 e. The summed E-state index contributed by atoms with van der Waals surface area (Å²) in [5.41, 5.74) is 8.74. The third-order valence-corrected chi connectivity index (χ3v) is 4.16. The molecule has 0 aliphatic heterocycles. The van der Waals surface area contributed by atoms with E-state index in [9.17, 15) is 0 Å². The van der Waals surface area contributed by atoms with Crippen LogP contribution in [-0.2, 0) is 6.42 Å². The minimum atomic E-state index is -0.0664. The van der Waals surface area contributed by atoms with Gasteiger partial charge in [0.2, 0.25) is 0 Å². The van der Waals surface area contributed by atoms with Gasteiger partial charge in [0, 0.05) is 11.6 Å². The lowest BCUT2D eigenvalue weighted by Gasteiger charge is -2.23. The predicted octanol–water partition coefficient (Wildman–Crippen LogP) is 4.56. The summed E-state index contributed by atoms with van der Waals surface area (Å²) in [5, 5.41) is 4.18. The van der Waals surface area contributed by atoms with Gasteiger partial charge in [0.1, 0.15) is 11.9 Å². The van der Waals surface area contributed by atoms with E-state index in [1.54, 1.807) is 11.3 Å². The maximum absolute atomic E-state index is 6.21. The Morgan fingerprint density at radius 1 is 1.15 bits per heavy atom. The fraction of sp³-hybridized carbons (Fsp3) is 0.412. The average Bonchev–Trinajstić information content (AvgIpc) is 3.00. The molecular formula is C17H23NOS. The van der Waals surface area contributed by atoms with Crippen LogP contribution in [0.4, 0.5) is 0 Å². The topological polar surface area (TPSA) is 35.2 Å². The Bertz CT molecular complexity index is 492. The average molecular weight is 289 g/mol. The molecule has 0 saturated carbocycles. The normalized spacial score (nSPS) is 13.9. The number of ether oxygens (including phenoxy) is 1. The van der Waals surface area contributed by atoms with E-state index in [-0.39, 0.29) is 12.1 Å². The van der Waals surface area contributed by atoms with Crippen molar-refractivity contribution in [2.45, 2.75) is 45.3 Å². The van der Waals surface area contributed by atoms with Gasteiger partial charge in [-0.15, -0.1) is 0 Å². The van der Waals surface area contributed by atoms with Gasteiger partial charge in [-0.05, 0) is 47.4 Å². The first-order valence-corrected chi connectivity index (χ1v) is 8.22. The molecule has 2 N–H and O–H groups in total. The van der Waals surface area contributed by atoms with Crippen LogP contribution in [0.5, 0.6) is 5.75 Å². The summed E-state index contributed by atoms with van der Waals surface area (Å²) >= 11 is 1.68. The van der Waals surface area contributed by atoms with E-state index in [0.717, 1.165) is 18.6 Å². The van der Waals surface area contributed by atoms with E-state index >= 15 is 0 Å². The Morgan fingerprint density at radius 3 is 2.45 bits per heavy atom. The molecule has 0 bridgehead atoms. The number of hydrogen-bond donors (Lipinski definition) is 1. The molecule has 2 atom stereocenters. The number of aryl methyl sites for hydroxylation is 1. The van der Waals surface area contributed by atoms with Crippen molar-refractivity contribution in [3.05, 3.63) is 52.2 Å². The van der Waals surface area contributed by atoms with E-state index in [1.165, 1.54) is 17.5 Å². The maximum Gasteiger partial charge on any atom is 0.140 e. The predicted molar refractivity (Wildman–Crippen MR) is 86.4 cm³/mol. The molecule has 0 fully saturated rings. The summed E-state index contributed by atoms with van der Waals surface area (Å²) in [6, 6.07) is 10.5. The van der Waals surface area contributed by atoms with Crippen LogP contribution in [0.25, 0.3) is 0 Å². The van der Waals surface area contributed by atoms with E-state index in [0.29, 0.717) is 0 Å². The van der Waals surface area contributed by atoms with Crippen LogP contribution in [0.15, 0.2) is 41.1 Å². The number of benzene rings is 1. The summed E-state index contributed by atoms with van der Waals surface area (Å²) in [7, 11) is 0. The molecule has 20 heavy (non-hydrogen) atoms. The van der Waals surface area contributed by atoms with Gasteiger partial charge in [0.15, 0.2) is 0 Å². The van der Waals surface area contributed by atoms with E-state index in [2.05, 4.69) is 42.8 Å². The van der Waals surface area contributed by atoms with E-state index in [1.807, 2.05) is 12.1 Å². The Morgan fingerprint density at radius 2 is 1.90 bits per heavy atom. The van der Waals surface area contributed by atoms with Crippen LogP contribution < -0.4 is 10.5 Å². The van der Waals surface area contributed by atoms with Gasteiger partial charge in [0.05, 0.1) is 0 Å². The standard InChI is InChI=1S/C17H23NOS/c1-3-5-13-6-8-15(9-7-13)19-17(16(18)4-2)14-10-11-20-12-14/h6-12,16-17H,3-5,18H2,1-2H3. The lowest BCUT2D eigenvalue weighted by molar-refractivity contribution is 0.171. The lowest BCUT2D eigenvalue weighted by atomic mass is 10.0. The molecule has 1 heterocycles. The molecule has 0 aliphatic rings. The fourth-order valence-corrected chi connectivity index (χ4v) is 2.91. The molecule has 2 unspecified atom stereocenters. The van der Waals surface area contributed by atoms with Crippen molar-refractivity contribution in [2.75, 3.05) is 0 Å². The molecule has 2 aromatic rings. The van der Waals surface area contributed by atoms with Crippen LogP contribution in [0, 0.1) is 0 Å². The summed E-state index contributed by atoms with van der Waals surface area (Å²) in [4.78, 5) is 0. The second-order valence-electron chi connectivity index (χ2n) is 5.06. The zero-order valence-electron chi connectivity index (χ0n) is 12.2. The summed E-state index contributed by atoms with van der Waals surface area (Å²) in [6.45, 7) is 4.29. The first-order chi connectivity index (χ1) is 9.74. The molecule has 0 saturated heterocycles. The molecule has 2 nitrogen and oxygen atoms in total. The molecule has 108 valence electrons. The SMILES string of the molecule is CCCc1ccc(OC(c2ccsc2)C(N)CC)cc1. The van der Waals surface area contributed by atoms with Gasteiger partial charge in [-0.3, -0.25) is 0 Å². The number of nitrogens with two attached hydrogens (primary N) is 1. The monoisotopic (exact) mass is 289 g/mol. The molecule has 2 rings (SSSR count). The van der Waals surface area contributed by atoms with Crippen LogP contribution in [0.2, 0.25) is 0 Å². The highest BCUT2D eigenvalue weighted by Crippen LogP contribution is 2.27. The Labute approximate surface area is 125 Å². The van der Waals surface area contributed by atoms with Crippen molar-refractivity contribution in [3.8, 4) is 5.75 Å². The summed E-state index contributed by atoms with van der Waals surface area (Å²) in [5.74, 6) is 0.893. The van der Waals surface area contributed by atoms with Gasteiger partial charge in [-0.1, -0.05) is 32.4 Å². The van der Waals surface area contributed by atoms with Crippen LogP contribution in [0.1, 0.15) is 43.9 Å². The summed E-state index contributed by atoms with van der Waals surface area (Å²) in [6.07, 6.45) is 3.11. The Balaban J connectivity index is 2.11. The minimum absolute atomic E-state index is 0.0138. The van der Waals surface area contributed by atoms with Gasteiger partial charge < -0.3 is 10.5 Å². The molecular weight excluding hydrogens is 266 g/mol. The Hall–Kier alpha value is -1.32. The second-order valence-corrected chi connectivity index (χ2v) is 5.84. The summed E-state index contributed by atoms with van der Waals surface area (Å²) < 4.78 is 6.13. The third-order valence-electron chi connectivity index (χ3n) is 3.46. The molecule has 0 aliphatic carbocycles. The molecule has 3 heteroatoms. The van der Waals surface area contributed by atoms with Crippen molar-refractivity contribution in [1.29, 1.82) is 0 Å². The quantitative estimate of drug-likeness (QED) is 0.811. The van der Waals surface area contributed by atoms with Gasteiger partial charge >= 0.3 is 0 Å². The molecule has 0 radical (unpaired) electrons. The first kappa shape index (κ1) is 15.1. The molecule has 0 spiro atoms. The highest BCUT2D eigenvalue weighted by Gasteiger charge is 2.20. The van der Waals surface area contributed by atoms with Crippen LogP contribution >= 0.6 is 11.3 Å². The fourth-order valence-electron chi connectivity index (χ4n) is 2.22.